The van der Waals surface area contributed by atoms with Crippen molar-refractivity contribution in [2.45, 2.75) is 18.8 Å². The average molecular weight is 387 g/mol. The maximum atomic E-state index is 13.1. The van der Waals surface area contributed by atoms with E-state index < -0.39 is 0 Å². The molecule has 1 amide bonds. The van der Waals surface area contributed by atoms with E-state index >= 15 is 0 Å². The molecular formula is C20H22FN3O2S. The summed E-state index contributed by atoms with van der Waals surface area (Å²) >= 11 is 1.67. The van der Waals surface area contributed by atoms with Crippen molar-refractivity contribution in [2.24, 2.45) is 7.05 Å². The molecule has 0 radical (unpaired) electrons. The third-order valence-electron chi connectivity index (χ3n) is 4.45. The Kier molecular flexibility index (Phi) is 6.36. The van der Waals surface area contributed by atoms with E-state index in [0.717, 1.165) is 12.0 Å². The van der Waals surface area contributed by atoms with E-state index in [2.05, 4.69) is 16.5 Å². The second-order valence-corrected chi connectivity index (χ2v) is 7.29. The molecule has 142 valence electrons. The summed E-state index contributed by atoms with van der Waals surface area (Å²) in [5, 5.41) is 18.6. The molecule has 2 aromatic heterocycles. The number of nitrogens with one attached hydrogen (secondary N) is 1. The molecule has 3 aromatic rings. The zero-order valence-corrected chi connectivity index (χ0v) is 15.9. The minimum absolute atomic E-state index is 0.124. The number of hydrogen-bond donors (Lipinski definition) is 2. The predicted molar refractivity (Wildman–Crippen MR) is 104 cm³/mol. The second kappa shape index (κ2) is 8.92. The fourth-order valence-electron chi connectivity index (χ4n) is 3.00. The number of amides is 1. The van der Waals surface area contributed by atoms with Gasteiger partial charge in [0.15, 0.2) is 0 Å². The van der Waals surface area contributed by atoms with Crippen LogP contribution in [0.25, 0.3) is 11.3 Å². The summed E-state index contributed by atoms with van der Waals surface area (Å²) in [6.07, 6.45) is 1.44. The molecule has 7 heteroatoms. The van der Waals surface area contributed by atoms with Gasteiger partial charge in [0.2, 0.25) is 0 Å². The number of aliphatic hydroxyl groups is 1. The standard InChI is InChI=1S/C20H22FN3O2S/c1-24-18(13-17(23-24)14-4-6-16(21)7-5-14)20(26)22-10-8-15(9-11-25)19-3-2-12-27-19/h2-7,12-13,15,25H,8-11H2,1H3,(H,22,26)/t15-/m0/s1. The molecule has 1 atom stereocenters. The Morgan fingerprint density at radius 3 is 2.74 bits per heavy atom. The number of carbonyl (C=O) groups excluding carboxylic acids is 1. The Bertz CT molecular complexity index is 875. The maximum absolute atomic E-state index is 13.1. The highest BCUT2D eigenvalue weighted by molar-refractivity contribution is 7.10. The molecular weight excluding hydrogens is 365 g/mol. The molecule has 0 bridgehead atoms. The Morgan fingerprint density at radius 1 is 1.30 bits per heavy atom. The molecule has 0 aliphatic heterocycles. The molecule has 0 spiro atoms. The number of nitrogens with zero attached hydrogens (tertiary/aromatic N) is 2. The highest BCUT2D eigenvalue weighted by atomic mass is 32.1. The molecule has 0 fully saturated rings. The first-order valence-electron chi connectivity index (χ1n) is 8.81. The quantitative estimate of drug-likeness (QED) is 0.621. The summed E-state index contributed by atoms with van der Waals surface area (Å²) in [5.41, 5.74) is 1.83. The molecule has 0 saturated carbocycles. The van der Waals surface area contributed by atoms with Gasteiger partial charge in [0.1, 0.15) is 11.5 Å². The van der Waals surface area contributed by atoms with Crippen LogP contribution in [-0.4, -0.2) is 33.9 Å². The van der Waals surface area contributed by atoms with Crippen LogP contribution in [0.5, 0.6) is 0 Å². The smallest absolute Gasteiger partial charge is 0.269 e. The van der Waals surface area contributed by atoms with Gasteiger partial charge in [-0.2, -0.15) is 5.10 Å². The first-order chi connectivity index (χ1) is 13.1. The van der Waals surface area contributed by atoms with Crippen LogP contribution in [0, 0.1) is 5.82 Å². The number of thiophene rings is 1. The topological polar surface area (TPSA) is 67.2 Å². The third kappa shape index (κ3) is 4.81. The lowest BCUT2D eigenvalue weighted by Crippen LogP contribution is -2.27. The number of aliphatic hydroxyl groups excluding tert-OH is 1. The fraction of sp³-hybridized carbons (Fsp3) is 0.300. The highest BCUT2D eigenvalue weighted by Gasteiger charge is 2.16. The number of rotatable bonds is 8. The molecule has 1 aromatic carbocycles. The first-order valence-corrected chi connectivity index (χ1v) is 9.69. The fourth-order valence-corrected chi connectivity index (χ4v) is 3.90. The molecule has 2 N–H and O–H groups in total. The van der Waals surface area contributed by atoms with Crippen LogP contribution < -0.4 is 5.32 Å². The summed E-state index contributed by atoms with van der Waals surface area (Å²) in [5.74, 6) is -0.278. The SMILES string of the molecule is Cn1nc(-c2ccc(F)cc2)cc1C(=O)NCC[C@@H](CCO)c1cccs1. The molecule has 0 unspecified atom stereocenters. The van der Waals surface area contributed by atoms with E-state index in [1.807, 2.05) is 11.4 Å². The van der Waals surface area contributed by atoms with Gasteiger partial charge in [-0.1, -0.05) is 6.07 Å². The highest BCUT2D eigenvalue weighted by Crippen LogP contribution is 2.27. The minimum atomic E-state index is -0.309. The number of hydrogen-bond acceptors (Lipinski definition) is 4. The summed E-state index contributed by atoms with van der Waals surface area (Å²) in [7, 11) is 1.71. The summed E-state index contributed by atoms with van der Waals surface area (Å²) in [6, 6.07) is 11.8. The van der Waals surface area contributed by atoms with Crippen LogP contribution in [0.4, 0.5) is 4.39 Å². The van der Waals surface area contributed by atoms with Gasteiger partial charge in [-0.15, -0.1) is 11.3 Å². The van der Waals surface area contributed by atoms with Crippen molar-refractivity contribution in [3.8, 4) is 11.3 Å². The molecule has 0 saturated heterocycles. The van der Waals surface area contributed by atoms with Crippen molar-refractivity contribution in [3.63, 3.8) is 0 Å². The van der Waals surface area contributed by atoms with E-state index in [4.69, 9.17) is 0 Å². The van der Waals surface area contributed by atoms with Gasteiger partial charge >= 0.3 is 0 Å². The zero-order valence-electron chi connectivity index (χ0n) is 15.1. The van der Waals surface area contributed by atoms with Crippen LogP contribution >= 0.6 is 11.3 Å². The van der Waals surface area contributed by atoms with Gasteiger partial charge in [0.05, 0.1) is 5.69 Å². The van der Waals surface area contributed by atoms with E-state index in [-0.39, 0.29) is 24.2 Å². The van der Waals surface area contributed by atoms with Crippen molar-refractivity contribution in [3.05, 3.63) is 64.2 Å². The Morgan fingerprint density at radius 2 is 2.07 bits per heavy atom. The zero-order chi connectivity index (χ0) is 19.2. The van der Waals surface area contributed by atoms with Crippen LogP contribution in [0.2, 0.25) is 0 Å². The number of aromatic nitrogens is 2. The Hall–Kier alpha value is -2.51. The minimum Gasteiger partial charge on any atom is -0.396 e. The van der Waals surface area contributed by atoms with Crippen LogP contribution in [-0.2, 0) is 7.05 Å². The van der Waals surface area contributed by atoms with E-state index in [0.29, 0.717) is 24.4 Å². The van der Waals surface area contributed by atoms with Crippen molar-refractivity contribution >= 4 is 17.2 Å². The average Bonchev–Trinajstić information content (AvgIpc) is 3.31. The molecule has 0 aliphatic carbocycles. The molecule has 3 rings (SSSR count). The predicted octanol–water partition coefficient (Wildman–Crippen LogP) is 3.57. The van der Waals surface area contributed by atoms with Crippen molar-refractivity contribution in [1.29, 1.82) is 0 Å². The number of aryl methyl sites for hydroxylation is 1. The molecule has 2 heterocycles. The van der Waals surface area contributed by atoms with Crippen LogP contribution in [0.1, 0.15) is 34.1 Å². The van der Waals surface area contributed by atoms with Crippen molar-refractivity contribution in [1.82, 2.24) is 15.1 Å². The molecule has 27 heavy (non-hydrogen) atoms. The van der Waals surface area contributed by atoms with Gasteiger partial charge in [-0.3, -0.25) is 9.48 Å². The van der Waals surface area contributed by atoms with Gasteiger partial charge in [-0.25, -0.2) is 4.39 Å². The molecule has 0 aliphatic rings. The van der Waals surface area contributed by atoms with Gasteiger partial charge in [-0.05, 0) is 60.5 Å². The summed E-state index contributed by atoms with van der Waals surface area (Å²) < 4.78 is 14.6. The number of halogens is 1. The lowest BCUT2D eigenvalue weighted by atomic mass is 10.00. The van der Waals surface area contributed by atoms with Crippen LogP contribution in [0.15, 0.2) is 47.8 Å². The Balaban J connectivity index is 1.62. The summed E-state index contributed by atoms with van der Waals surface area (Å²) in [4.78, 5) is 13.7. The van der Waals surface area contributed by atoms with Gasteiger partial charge < -0.3 is 10.4 Å². The lowest BCUT2D eigenvalue weighted by molar-refractivity contribution is 0.0943. The van der Waals surface area contributed by atoms with Gasteiger partial charge in [0.25, 0.3) is 5.91 Å². The largest absolute Gasteiger partial charge is 0.396 e. The molecule has 5 nitrogen and oxygen atoms in total. The maximum Gasteiger partial charge on any atom is 0.269 e. The van der Waals surface area contributed by atoms with E-state index in [9.17, 15) is 14.3 Å². The normalized spacial score (nSPS) is 12.1. The van der Waals surface area contributed by atoms with E-state index in [1.165, 1.54) is 21.7 Å². The number of benzene rings is 1. The van der Waals surface area contributed by atoms with E-state index in [1.54, 1.807) is 36.6 Å². The lowest BCUT2D eigenvalue weighted by Gasteiger charge is -2.14. The van der Waals surface area contributed by atoms with Crippen LogP contribution in [0.3, 0.4) is 0 Å². The van der Waals surface area contributed by atoms with Crippen molar-refractivity contribution in [2.75, 3.05) is 13.2 Å². The Labute approximate surface area is 161 Å². The van der Waals surface area contributed by atoms with Crippen molar-refractivity contribution < 1.29 is 14.3 Å². The second-order valence-electron chi connectivity index (χ2n) is 6.31. The monoisotopic (exact) mass is 387 g/mol. The third-order valence-corrected chi connectivity index (χ3v) is 5.49. The summed E-state index contributed by atoms with van der Waals surface area (Å²) in [6.45, 7) is 0.637. The van der Waals surface area contributed by atoms with Gasteiger partial charge in [0, 0.05) is 30.6 Å². The number of carbonyl (C=O) groups is 1. The first kappa shape index (κ1) is 19.3.